The number of nitrogens with zero attached hydrogens (tertiary/aromatic N) is 2. The van der Waals surface area contributed by atoms with Crippen LogP contribution in [0.25, 0.3) is 21.8 Å². The molecule has 0 atom stereocenters. The molecule has 0 saturated heterocycles. The number of phenols is 2. The van der Waals surface area contributed by atoms with Gasteiger partial charge in [-0.2, -0.15) is 0 Å². The normalized spacial score (nSPS) is 10.0. The van der Waals surface area contributed by atoms with Crippen molar-refractivity contribution in [3.8, 4) is 11.5 Å². The van der Waals surface area contributed by atoms with E-state index in [0.29, 0.717) is 21.1 Å². The first-order valence-electron chi connectivity index (χ1n) is 7.02. The summed E-state index contributed by atoms with van der Waals surface area (Å²) in [5.74, 6) is 0.324. The molecular formula is C18H12Cl2N2O2Zn. The largest absolute Gasteiger partial charge is 0.506 e. The molecule has 7 heteroatoms. The van der Waals surface area contributed by atoms with Crippen LogP contribution in [-0.4, -0.2) is 20.2 Å². The van der Waals surface area contributed by atoms with Crippen molar-refractivity contribution >= 4 is 45.0 Å². The van der Waals surface area contributed by atoms with E-state index in [1.54, 1.807) is 36.7 Å². The molecule has 0 aliphatic carbocycles. The summed E-state index contributed by atoms with van der Waals surface area (Å²) in [6.45, 7) is 0. The van der Waals surface area contributed by atoms with E-state index in [4.69, 9.17) is 23.2 Å². The second-order valence-electron chi connectivity index (χ2n) is 4.93. The van der Waals surface area contributed by atoms with Crippen LogP contribution >= 0.6 is 23.2 Å². The van der Waals surface area contributed by atoms with Crippen LogP contribution in [0.5, 0.6) is 11.5 Å². The zero-order chi connectivity index (χ0) is 17.1. The van der Waals surface area contributed by atoms with Gasteiger partial charge in [0, 0.05) is 42.6 Å². The van der Waals surface area contributed by atoms with E-state index in [0.717, 1.165) is 10.8 Å². The molecule has 2 aromatic heterocycles. The Balaban J connectivity index is 0.000000173. The Bertz CT molecular complexity index is 864. The minimum absolute atomic E-state index is 0. The van der Waals surface area contributed by atoms with Gasteiger partial charge in [-0.05, 0) is 48.5 Å². The van der Waals surface area contributed by atoms with Gasteiger partial charge in [-0.1, -0.05) is 23.2 Å². The zero-order valence-electron chi connectivity index (χ0n) is 13.0. The predicted octanol–water partition coefficient (Wildman–Crippen LogP) is 5.19. The molecule has 0 saturated carbocycles. The van der Waals surface area contributed by atoms with Crippen molar-refractivity contribution in [3.63, 3.8) is 0 Å². The van der Waals surface area contributed by atoms with Crippen molar-refractivity contribution < 1.29 is 29.7 Å². The van der Waals surface area contributed by atoms with Crippen molar-refractivity contribution in [2.45, 2.75) is 0 Å². The van der Waals surface area contributed by atoms with Gasteiger partial charge in [0.2, 0.25) is 0 Å². The van der Waals surface area contributed by atoms with Crippen LogP contribution < -0.4 is 0 Å². The number of aromatic hydroxyl groups is 2. The van der Waals surface area contributed by atoms with Gasteiger partial charge >= 0.3 is 0 Å². The monoisotopic (exact) mass is 422 g/mol. The third kappa shape index (κ3) is 4.19. The summed E-state index contributed by atoms with van der Waals surface area (Å²) in [5.41, 5.74) is 1.09. The standard InChI is InChI=1S/2C9H6ClNO.Zn/c2*10-7-3-4-8(12)9-6(7)2-1-5-11-9;/h2*1-5,12H;. The van der Waals surface area contributed by atoms with E-state index in [1.807, 2.05) is 12.1 Å². The number of phenolic OH excluding ortho intramolecular Hbond substituents is 2. The molecule has 4 aromatic rings. The van der Waals surface area contributed by atoms with Crippen LogP contribution in [0.15, 0.2) is 60.9 Å². The predicted molar refractivity (Wildman–Crippen MR) is 96.8 cm³/mol. The molecule has 25 heavy (non-hydrogen) atoms. The number of fused-ring (bicyclic) bond motifs is 2. The van der Waals surface area contributed by atoms with Gasteiger partial charge in [0.15, 0.2) is 0 Å². The van der Waals surface area contributed by atoms with E-state index in [9.17, 15) is 10.2 Å². The summed E-state index contributed by atoms with van der Waals surface area (Å²) < 4.78 is 0. The Hall–Kier alpha value is -1.94. The van der Waals surface area contributed by atoms with Crippen molar-refractivity contribution in [2.24, 2.45) is 0 Å². The van der Waals surface area contributed by atoms with Crippen molar-refractivity contribution in [1.29, 1.82) is 0 Å². The maximum absolute atomic E-state index is 9.37. The molecular weight excluding hydrogens is 413 g/mol. The maximum Gasteiger partial charge on any atom is 0.141 e. The smallest absolute Gasteiger partial charge is 0.141 e. The van der Waals surface area contributed by atoms with Gasteiger partial charge < -0.3 is 10.2 Å². The Labute approximate surface area is 166 Å². The summed E-state index contributed by atoms with van der Waals surface area (Å²) in [6.07, 6.45) is 3.25. The molecule has 2 heterocycles. The van der Waals surface area contributed by atoms with Gasteiger partial charge in [-0.3, -0.25) is 9.97 Å². The summed E-state index contributed by atoms with van der Waals surface area (Å²) in [4.78, 5) is 8.01. The minimum atomic E-state index is 0. The van der Waals surface area contributed by atoms with Crippen LogP contribution in [-0.2, 0) is 19.5 Å². The minimum Gasteiger partial charge on any atom is -0.506 e. The average molecular weight is 425 g/mol. The van der Waals surface area contributed by atoms with E-state index in [1.165, 1.54) is 12.1 Å². The first kappa shape index (κ1) is 19.4. The number of pyridine rings is 2. The van der Waals surface area contributed by atoms with E-state index in [-0.39, 0.29) is 31.0 Å². The van der Waals surface area contributed by atoms with Crippen molar-refractivity contribution in [3.05, 3.63) is 71.0 Å². The number of halogens is 2. The third-order valence-corrected chi connectivity index (χ3v) is 4.05. The fraction of sp³-hybridized carbons (Fsp3) is 0. The molecule has 2 aromatic carbocycles. The number of hydrogen-bond acceptors (Lipinski definition) is 4. The van der Waals surface area contributed by atoms with Gasteiger partial charge in [0.1, 0.15) is 22.5 Å². The number of hydrogen-bond donors (Lipinski definition) is 2. The van der Waals surface area contributed by atoms with E-state index in [2.05, 4.69) is 9.97 Å². The van der Waals surface area contributed by atoms with Crippen LogP contribution in [0.1, 0.15) is 0 Å². The van der Waals surface area contributed by atoms with E-state index < -0.39 is 0 Å². The second kappa shape index (κ2) is 8.44. The second-order valence-corrected chi connectivity index (χ2v) is 5.75. The first-order chi connectivity index (χ1) is 11.6. The molecule has 0 radical (unpaired) electrons. The molecule has 0 spiro atoms. The average Bonchev–Trinajstić information content (AvgIpc) is 2.63. The van der Waals surface area contributed by atoms with Gasteiger partial charge in [-0.15, -0.1) is 0 Å². The third-order valence-electron chi connectivity index (χ3n) is 3.39. The van der Waals surface area contributed by atoms with Crippen LogP contribution in [0.4, 0.5) is 0 Å². The fourth-order valence-corrected chi connectivity index (χ4v) is 2.68. The fourth-order valence-electron chi connectivity index (χ4n) is 2.25. The van der Waals surface area contributed by atoms with Crippen molar-refractivity contribution in [1.82, 2.24) is 9.97 Å². The Morgan fingerprint density at radius 1 is 0.640 bits per heavy atom. The molecule has 0 aliphatic heterocycles. The molecule has 0 bridgehead atoms. The number of aromatic nitrogens is 2. The molecule has 0 fully saturated rings. The molecule has 0 unspecified atom stereocenters. The molecule has 4 nitrogen and oxygen atoms in total. The quantitative estimate of drug-likeness (QED) is 0.382. The summed E-state index contributed by atoms with van der Waals surface area (Å²) >= 11 is 11.8. The van der Waals surface area contributed by atoms with Crippen LogP contribution in [0.2, 0.25) is 10.0 Å². The van der Waals surface area contributed by atoms with Gasteiger partial charge in [0.25, 0.3) is 0 Å². The van der Waals surface area contributed by atoms with Gasteiger partial charge in [0.05, 0.1) is 10.0 Å². The molecule has 0 aliphatic rings. The Kier molecular flexibility index (Phi) is 6.54. The molecule has 0 amide bonds. The molecule has 2 N–H and O–H groups in total. The number of rotatable bonds is 0. The first-order valence-corrected chi connectivity index (χ1v) is 7.78. The summed E-state index contributed by atoms with van der Waals surface area (Å²) in [7, 11) is 0. The SMILES string of the molecule is Oc1ccc(Cl)c2cccnc12.Oc1ccc(Cl)c2cccnc12.[Zn]. The van der Waals surface area contributed by atoms with E-state index >= 15 is 0 Å². The van der Waals surface area contributed by atoms with Crippen LogP contribution in [0, 0.1) is 0 Å². The van der Waals surface area contributed by atoms with Crippen molar-refractivity contribution in [2.75, 3.05) is 0 Å². The maximum atomic E-state index is 9.37. The van der Waals surface area contributed by atoms with Crippen LogP contribution in [0.3, 0.4) is 0 Å². The molecule has 4 rings (SSSR count). The Morgan fingerprint density at radius 3 is 1.40 bits per heavy atom. The zero-order valence-corrected chi connectivity index (χ0v) is 17.5. The summed E-state index contributed by atoms with van der Waals surface area (Å²) in [6, 6.07) is 13.6. The summed E-state index contributed by atoms with van der Waals surface area (Å²) in [5, 5.41) is 21.5. The number of benzene rings is 2. The Morgan fingerprint density at radius 2 is 1.04 bits per heavy atom. The molecule has 122 valence electrons. The topological polar surface area (TPSA) is 66.2 Å². The van der Waals surface area contributed by atoms with Gasteiger partial charge in [-0.25, -0.2) is 0 Å².